The number of Topliss-reactive ketones (excluding diaryl/α,β-unsaturated/α-hetero) is 1. The van der Waals surface area contributed by atoms with E-state index in [-0.39, 0.29) is 22.6 Å². The zero-order chi connectivity index (χ0) is 16.8. The van der Waals surface area contributed by atoms with Crippen LogP contribution in [0.25, 0.3) is 0 Å². The third-order valence-corrected chi connectivity index (χ3v) is 3.22. The zero-order valence-electron chi connectivity index (χ0n) is 11.7. The van der Waals surface area contributed by atoms with E-state index in [2.05, 4.69) is 0 Å². The summed E-state index contributed by atoms with van der Waals surface area (Å²) in [4.78, 5) is 47.1. The van der Waals surface area contributed by atoms with Crippen molar-refractivity contribution in [3.05, 3.63) is 70.7 Å². The molecule has 2 aromatic rings. The molecule has 2 aromatic carbocycles. The summed E-state index contributed by atoms with van der Waals surface area (Å²) >= 11 is 5.87. The number of carbonyl (C=O) groups excluding carboxylic acids is 4. The normalized spacial score (nSPS) is 9.78. The number of benzene rings is 2. The van der Waals surface area contributed by atoms with Crippen molar-refractivity contribution in [3.63, 3.8) is 0 Å². The van der Waals surface area contributed by atoms with E-state index in [1.807, 2.05) is 5.43 Å². The first-order chi connectivity index (χ1) is 11.0. The fourth-order valence-corrected chi connectivity index (χ4v) is 1.99. The molecule has 0 saturated carbocycles. The second-order valence-corrected chi connectivity index (χ2v) is 4.80. The minimum atomic E-state index is -1.11. The monoisotopic (exact) mass is 330 g/mol. The first kappa shape index (κ1) is 16.4. The number of imide groups is 1. The molecule has 0 aliphatic carbocycles. The van der Waals surface area contributed by atoms with Crippen molar-refractivity contribution in [2.45, 2.75) is 0 Å². The first-order valence-corrected chi connectivity index (χ1v) is 6.86. The average molecular weight is 331 g/mol. The minimum Gasteiger partial charge on any atom is -0.283 e. The summed E-state index contributed by atoms with van der Waals surface area (Å²) in [5, 5.41) is 0.498. The highest BCUT2D eigenvalue weighted by atomic mass is 35.5. The smallest absolute Gasteiger partial charge is 0.283 e. The second-order valence-electron chi connectivity index (χ2n) is 4.40. The van der Waals surface area contributed by atoms with Crippen molar-refractivity contribution in [2.24, 2.45) is 0 Å². The minimum absolute atomic E-state index is 0.0220. The van der Waals surface area contributed by atoms with Crippen LogP contribution in [0.3, 0.4) is 0 Å². The Hall–Kier alpha value is -2.99. The molecule has 0 radical (unpaired) electrons. The fraction of sp³-hybridized carbons (Fsp3) is 0. The lowest BCUT2D eigenvalue weighted by molar-refractivity contribution is -0.128. The molecular weight excluding hydrogens is 320 g/mol. The molecule has 0 aliphatic heterocycles. The topological polar surface area (TPSA) is 83.6 Å². The van der Waals surface area contributed by atoms with Gasteiger partial charge < -0.3 is 0 Å². The molecule has 0 aromatic heterocycles. The van der Waals surface area contributed by atoms with Crippen LogP contribution in [0.1, 0.15) is 20.7 Å². The molecule has 116 valence electrons. The largest absolute Gasteiger partial charge is 0.311 e. The van der Waals surface area contributed by atoms with Crippen molar-refractivity contribution in [2.75, 3.05) is 0 Å². The Morgan fingerprint density at radius 2 is 1.57 bits per heavy atom. The molecule has 1 N–H and O–H groups in total. The van der Waals surface area contributed by atoms with Crippen molar-refractivity contribution >= 4 is 35.6 Å². The SMILES string of the molecule is O=CN(NC(=O)C(=O)c1ccccc1)C(=O)c1ccccc1Cl. The number of rotatable bonds is 4. The number of nitrogens with one attached hydrogen (secondary N) is 1. The predicted octanol–water partition coefficient (Wildman–Crippen LogP) is 1.85. The van der Waals surface area contributed by atoms with Crippen LogP contribution < -0.4 is 5.43 Å². The Kier molecular flexibility index (Phi) is 5.22. The van der Waals surface area contributed by atoms with Crippen LogP contribution >= 0.6 is 11.6 Å². The van der Waals surface area contributed by atoms with E-state index >= 15 is 0 Å². The number of hydrogen-bond acceptors (Lipinski definition) is 4. The third kappa shape index (κ3) is 3.81. The Labute approximate surface area is 136 Å². The van der Waals surface area contributed by atoms with Crippen LogP contribution in [0.2, 0.25) is 5.02 Å². The summed E-state index contributed by atoms with van der Waals surface area (Å²) in [6.07, 6.45) is 0.0990. The van der Waals surface area contributed by atoms with Crippen molar-refractivity contribution < 1.29 is 19.2 Å². The van der Waals surface area contributed by atoms with Crippen molar-refractivity contribution in [3.8, 4) is 0 Å². The molecule has 0 atom stereocenters. The zero-order valence-corrected chi connectivity index (χ0v) is 12.5. The molecule has 7 heteroatoms. The van der Waals surface area contributed by atoms with E-state index in [0.717, 1.165) is 0 Å². The van der Waals surface area contributed by atoms with Crippen LogP contribution in [0, 0.1) is 0 Å². The lowest BCUT2D eigenvalue weighted by Crippen LogP contribution is -2.48. The van der Waals surface area contributed by atoms with Gasteiger partial charge in [-0.2, -0.15) is 5.01 Å². The van der Waals surface area contributed by atoms with Gasteiger partial charge in [-0.1, -0.05) is 54.1 Å². The highest BCUT2D eigenvalue weighted by Crippen LogP contribution is 2.16. The maximum atomic E-state index is 12.2. The maximum Gasteiger partial charge on any atom is 0.311 e. The van der Waals surface area contributed by atoms with Gasteiger partial charge in [0, 0.05) is 5.56 Å². The van der Waals surface area contributed by atoms with Crippen LogP contribution in [0.5, 0.6) is 0 Å². The molecule has 0 spiro atoms. The molecule has 23 heavy (non-hydrogen) atoms. The quantitative estimate of drug-likeness (QED) is 0.401. The molecular formula is C16H11ClN2O4. The number of carbonyl (C=O) groups is 4. The summed E-state index contributed by atoms with van der Waals surface area (Å²) in [5.41, 5.74) is 2.12. The molecule has 0 saturated heterocycles. The number of ketones is 1. The van der Waals surface area contributed by atoms with Gasteiger partial charge in [0.1, 0.15) is 0 Å². The average Bonchev–Trinajstić information content (AvgIpc) is 2.59. The Morgan fingerprint density at radius 1 is 0.957 bits per heavy atom. The highest BCUT2D eigenvalue weighted by Gasteiger charge is 2.23. The predicted molar refractivity (Wildman–Crippen MR) is 82.6 cm³/mol. The molecule has 0 bridgehead atoms. The second kappa shape index (κ2) is 7.33. The Bertz CT molecular complexity index is 762. The van der Waals surface area contributed by atoms with E-state index in [4.69, 9.17) is 11.6 Å². The molecule has 3 amide bonds. The van der Waals surface area contributed by atoms with Gasteiger partial charge in [-0.25, -0.2) is 0 Å². The number of hydrazine groups is 1. The standard InChI is InChI=1S/C16H11ClN2O4/c17-13-9-5-4-8-12(13)16(23)19(10-20)18-15(22)14(21)11-6-2-1-3-7-11/h1-10H,(H,18,22). The van der Waals surface area contributed by atoms with Crippen molar-refractivity contribution in [1.82, 2.24) is 10.4 Å². The van der Waals surface area contributed by atoms with E-state index in [0.29, 0.717) is 5.01 Å². The number of halogens is 1. The summed E-state index contributed by atoms with van der Waals surface area (Å²) in [5.74, 6) is -2.83. The van der Waals surface area contributed by atoms with Crippen LogP contribution in [0.15, 0.2) is 54.6 Å². The van der Waals surface area contributed by atoms with E-state index in [1.54, 1.807) is 30.3 Å². The van der Waals surface area contributed by atoms with Gasteiger partial charge >= 0.3 is 5.91 Å². The van der Waals surface area contributed by atoms with Gasteiger partial charge in [0.2, 0.25) is 6.41 Å². The van der Waals surface area contributed by atoms with E-state index in [1.165, 1.54) is 24.3 Å². The molecule has 0 heterocycles. The van der Waals surface area contributed by atoms with Gasteiger partial charge in [-0.3, -0.25) is 24.6 Å². The number of nitrogens with zero attached hydrogens (tertiary/aromatic N) is 1. The Balaban J connectivity index is 2.15. The lowest BCUT2D eigenvalue weighted by Gasteiger charge is -2.16. The maximum absolute atomic E-state index is 12.2. The summed E-state index contributed by atoms with van der Waals surface area (Å²) in [6.45, 7) is 0. The summed E-state index contributed by atoms with van der Waals surface area (Å²) in [7, 11) is 0. The van der Waals surface area contributed by atoms with Gasteiger partial charge in [-0.05, 0) is 12.1 Å². The molecule has 2 rings (SSSR count). The lowest BCUT2D eigenvalue weighted by atomic mass is 10.1. The molecule has 0 unspecified atom stereocenters. The van der Waals surface area contributed by atoms with E-state index < -0.39 is 17.6 Å². The fourth-order valence-electron chi connectivity index (χ4n) is 1.77. The Morgan fingerprint density at radius 3 is 2.17 bits per heavy atom. The number of amides is 3. The summed E-state index contributed by atoms with van der Waals surface area (Å²) < 4.78 is 0. The van der Waals surface area contributed by atoms with Crippen molar-refractivity contribution in [1.29, 1.82) is 0 Å². The van der Waals surface area contributed by atoms with Gasteiger partial charge in [0.25, 0.3) is 11.7 Å². The highest BCUT2D eigenvalue weighted by molar-refractivity contribution is 6.43. The summed E-state index contributed by atoms with van der Waals surface area (Å²) in [6, 6.07) is 13.8. The molecule has 0 fully saturated rings. The van der Waals surface area contributed by atoms with Gasteiger partial charge in [0.05, 0.1) is 10.6 Å². The first-order valence-electron chi connectivity index (χ1n) is 6.48. The van der Waals surface area contributed by atoms with E-state index in [9.17, 15) is 19.2 Å². The van der Waals surface area contributed by atoms with Crippen LogP contribution in [-0.4, -0.2) is 29.0 Å². The molecule has 6 nitrogen and oxygen atoms in total. The molecule has 0 aliphatic rings. The van der Waals surface area contributed by atoms with Crippen LogP contribution in [-0.2, 0) is 9.59 Å². The third-order valence-electron chi connectivity index (χ3n) is 2.89. The van der Waals surface area contributed by atoms with Crippen LogP contribution in [0.4, 0.5) is 0 Å². The number of hydrogen-bond donors (Lipinski definition) is 1. The van der Waals surface area contributed by atoms with Gasteiger partial charge in [0.15, 0.2) is 0 Å². The van der Waals surface area contributed by atoms with Gasteiger partial charge in [-0.15, -0.1) is 0 Å².